The molecule has 0 bridgehead atoms. The largest absolute Gasteiger partial charge is 0.332 e. The van der Waals surface area contributed by atoms with E-state index >= 15 is 0 Å². The van der Waals surface area contributed by atoms with Crippen molar-refractivity contribution in [2.45, 2.75) is 26.3 Å². The number of likely N-dealkylation sites (N-methyl/N-ethyl adjacent to an activating group) is 1. The maximum absolute atomic E-state index is 4.40. The minimum Gasteiger partial charge on any atom is -0.332 e. The van der Waals surface area contributed by atoms with Crippen LogP contribution in [0, 0.1) is 0 Å². The number of nitrogens with one attached hydrogen (secondary N) is 1. The summed E-state index contributed by atoms with van der Waals surface area (Å²) in [5, 5.41) is 3.14. The highest BCUT2D eigenvalue weighted by Crippen LogP contribution is 2.18. The molecular weight excluding hydrogens is 230 g/mol. The summed E-state index contributed by atoms with van der Waals surface area (Å²) in [6.07, 6.45) is 6.19. The summed E-state index contributed by atoms with van der Waals surface area (Å²) < 4.78 is 2.16. The van der Waals surface area contributed by atoms with Gasteiger partial charge in [-0.25, -0.2) is 4.98 Å². The van der Waals surface area contributed by atoms with E-state index in [9.17, 15) is 0 Å². The topological polar surface area (TPSA) is 29.9 Å². The molecule has 0 aliphatic rings. The molecule has 0 aliphatic heterocycles. The minimum absolute atomic E-state index is 0.942. The highest BCUT2D eigenvalue weighted by atomic mass is 32.1. The van der Waals surface area contributed by atoms with E-state index in [1.54, 1.807) is 0 Å². The fraction of sp³-hybridized carbons (Fsp3) is 0.462. The molecule has 2 aromatic heterocycles. The molecule has 2 heterocycles. The van der Waals surface area contributed by atoms with Crippen molar-refractivity contribution >= 4 is 11.3 Å². The smallest absolute Gasteiger partial charge is 0.0952 e. The number of hydrogen-bond donors (Lipinski definition) is 1. The lowest BCUT2D eigenvalue weighted by Crippen LogP contribution is -2.10. The van der Waals surface area contributed by atoms with Crippen LogP contribution >= 0.6 is 11.3 Å². The Morgan fingerprint density at radius 1 is 1.35 bits per heavy atom. The molecule has 3 nitrogen and oxygen atoms in total. The van der Waals surface area contributed by atoms with Gasteiger partial charge in [0.15, 0.2) is 0 Å². The molecular formula is C13H19N3S. The number of hydrogen-bond acceptors (Lipinski definition) is 3. The van der Waals surface area contributed by atoms with Gasteiger partial charge in [0.1, 0.15) is 0 Å². The van der Waals surface area contributed by atoms with Gasteiger partial charge in [-0.15, -0.1) is 11.3 Å². The third kappa shape index (κ3) is 3.41. The van der Waals surface area contributed by atoms with Gasteiger partial charge in [0.05, 0.1) is 18.6 Å². The summed E-state index contributed by atoms with van der Waals surface area (Å²) >= 11 is 1.89. The average molecular weight is 249 g/mol. The molecule has 0 saturated heterocycles. The maximum Gasteiger partial charge on any atom is 0.0952 e. The van der Waals surface area contributed by atoms with Crippen LogP contribution in [0.1, 0.15) is 22.4 Å². The number of imidazole rings is 1. The van der Waals surface area contributed by atoms with E-state index < -0.39 is 0 Å². The van der Waals surface area contributed by atoms with Crippen molar-refractivity contribution in [3.63, 3.8) is 0 Å². The number of thiophene rings is 1. The second-order valence-electron chi connectivity index (χ2n) is 4.11. The molecule has 2 aromatic rings. The molecule has 0 saturated carbocycles. The third-order valence-corrected chi connectivity index (χ3v) is 3.94. The zero-order chi connectivity index (χ0) is 12.1. The van der Waals surface area contributed by atoms with E-state index in [2.05, 4.69) is 40.1 Å². The van der Waals surface area contributed by atoms with Crippen LogP contribution in [0.15, 0.2) is 24.7 Å². The Kier molecular flexibility index (Phi) is 4.34. The fourth-order valence-electron chi connectivity index (χ4n) is 1.75. The summed E-state index contributed by atoms with van der Waals surface area (Å²) in [5.74, 6) is 0. The van der Waals surface area contributed by atoms with Crippen LogP contribution < -0.4 is 5.32 Å². The molecule has 1 N–H and O–H groups in total. The summed E-state index contributed by atoms with van der Waals surface area (Å²) in [4.78, 5) is 7.26. The lowest BCUT2D eigenvalue weighted by molar-refractivity contribution is 0.775. The van der Waals surface area contributed by atoms with Gasteiger partial charge in [0.25, 0.3) is 0 Å². The van der Waals surface area contributed by atoms with Crippen molar-refractivity contribution in [3.05, 3.63) is 40.1 Å². The van der Waals surface area contributed by atoms with Gasteiger partial charge in [-0.3, -0.25) is 0 Å². The Balaban J connectivity index is 1.96. The SMILES string of the molecule is CCc1ccc(Cn2cnc(CCNC)c2)s1. The van der Waals surface area contributed by atoms with E-state index in [0.29, 0.717) is 0 Å². The molecule has 17 heavy (non-hydrogen) atoms. The summed E-state index contributed by atoms with van der Waals surface area (Å²) in [7, 11) is 1.97. The molecule has 0 atom stereocenters. The Bertz CT molecular complexity index is 459. The molecule has 0 radical (unpaired) electrons. The summed E-state index contributed by atoms with van der Waals surface area (Å²) in [5.41, 5.74) is 1.16. The van der Waals surface area contributed by atoms with Gasteiger partial charge < -0.3 is 9.88 Å². The standard InChI is InChI=1S/C13H19N3S/c1-3-12-4-5-13(17-12)9-16-8-11(15-10-16)6-7-14-2/h4-5,8,10,14H,3,6-7,9H2,1-2H3. The first-order chi connectivity index (χ1) is 8.31. The zero-order valence-electron chi connectivity index (χ0n) is 10.4. The number of rotatable bonds is 6. The second kappa shape index (κ2) is 5.98. The quantitative estimate of drug-likeness (QED) is 0.851. The Hall–Kier alpha value is -1.13. The van der Waals surface area contributed by atoms with Crippen molar-refractivity contribution < 1.29 is 0 Å². The molecule has 0 aromatic carbocycles. The average Bonchev–Trinajstić information content (AvgIpc) is 2.96. The molecule has 0 aliphatic carbocycles. The lowest BCUT2D eigenvalue weighted by Gasteiger charge is -1.98. The monoisotopic (exact) mass is 249 g/mol. The van der Waals surface area contributed by atoms with E-state index in [0.717, 1.165) is 31.6 Å². The van der Waals surface area contributed by atoms with Crippen LogP contribution in [0.2, 0.25) is 0 Å². The van der Waals surface area contributed by atoms with Crippen LogP contribution in [0.25, 0.3) is 0 Å². The van der Waals surface area contributed by atoms with Gasteiger partial charge in [-0.2, -0.15) is 0 Å². The Labute approximate surface area is 107 Å². The van der Waals surface area contributed by atoms with Crippen LogP contribution in [-0.2, 0) is 19.4 Å². The van der Waals surface area contributed by atoms with Gasteiger partial charge in [0.2, 0.25) is 0 Å². The first-order valence-corrected chi connectivity index (χ1v) is 6.86. The van der Waals surface area contributed by atoms with Crippen LogP contribution in [0.4, 0.5) is 0 Å². The fourth-order valence-corrected chi connectivity index (χ4v) is 2.72. The highest BCUT2D eigenvalue weighted by Gasteiger charge is 2.02. The van der Waals surface area contributed by atoms with E-state index in [-0.39, 0.29) is 0 Å². The van der Waals surface area contributed by atoms with Gasteiger partial charge >= 0.3 is 0 Å². The van der Waals surface area contributed by atoms with Crippen molar-refractivity contribution in [1.82, 2.24) is 14.9 Å². The van der Waals surface area contributed by atoms with Crippen LogP contribution in [-0.4, -0.2) is 23.1 Å². The number of aromatic nitrogens is 2. The van der Waals surface area contributed by atoms with E-state index in [4.69, 9.17) is 0 Å². The molecule has 0 unspecified atom stereocenters. The first-order valence-electron chi connectivity index (χ1n) is 6.04. The normalized spacial score (nSPS) is 10.9. The highest BCUT2D eigenvalue weighted by molar-refractivity contribution is 7.11. The van der Waals surface area contributed by atoms with Crippen molar-refractivity contribution in [2.75, 3.05) is 13.6 Å². The molecule has 2 rings (SSSR count). The zero-order valence-corrected chi connectivity index (χ0v) is 11.3. The lowest BCUT2D eigenvalue weighted by atomic mass is 10.3. The first kappa shape index (κ1) is 12.3. The van der Waals surface area contributed by atoms with E-state index in [1.807, 2.05) is 24.7 Å². The Morgan fingerprint density at radius 2 is 2.18 bits per heavy atom. The number of aryl methyl sites for hydroxylation is 1. The van der Waals surface area contributed by atoms with Gasteiger partial charge in [-0.05, 0) is 25.6 Å². The maximum atomic E-state index is 4.40. The molecule has 4 heteroatoms. The van der Waals surface area contributed by atoms with E-state index in [1.165, 1.54) is 9.75 Å². The van der Waals surface area contributed by atoms with Crippen molar-refractivity contribution in [1.29, 1.82) is 0 Å². The molecule has 92 valence electrons. The van der Waals surface area contributed by atoms with Crippen molar-refractivity contribution in [2.24, 2.45) is 0 Å². The summed E-state index contributed by atoms with van der Waals surface area (Å²) in [6, 6.07) is 4.44. The Morgan fingerprint density at radius 3 is 2.88 bits per heavy atom. The van der Waals surface area contributed by atoms with Crippen LogP contribution in [0.3, 0.4) is 0 Å². The molecule has 0 amide bonds. The third-order valence-electron chi connectivity index (χ3n) is 2.72. The van der Waals surface area contributed by atoms with Gasteiger partial charge in [-0.1, -0.05) is 6.92 Å². The summed E-state index contributed by atoms with van der Waals surface area (Å²) in [6.45, 7) is 4.12. The predicted octanol–water partition coefficient (Wildman–Crippen LogP) is 2.32. The predicted molar refractivity (Wildman–Crippen MR) is 72.7 cm³/mol. The molecule has 0 spiro atoms. The van der Waals surface area contributed by atoms with Crippen LogP contribution in [0.5, 0.6) is 0 Å². The van der Waals surface area contributed by atoms with Gasteiger partial charge in [0, 0.05) is 28.9 Å². The molecule has 0 fully saturated rings. The van der Waals surface area contributed by atoms with Crippen molar-refractivity contribution in [3.8, 4) is 0 Å². The minimum atomic E-state index is 0.942. The number of nitrogens with zero attached hydrogens (tertiary/aromatic N) is 2. The second-order valence-corrected chi connectivity index (χ2v) is 5.37.